The van der Waals surface area contributed by atoms with Gasteiger partial charge in [-0.25, -0.2) is 8.42 Å². The number of amides is 1. The molecule has 0 unspecified atom stereocenters. The van der Waals surface area contributed by atoms with E-state index in [1.54, 1.807) is 12.1 Å². The molecule has 0 spiro atoms. The molecule has 3 N–H and O–H groups in total. The molecule has 0 radical (unpaired) electrons. The summed E-state index contributed by atoms with van der Waals surface area (Å²) in [5, 5.41) is 7.38. The molecule has 9 heteroatoms. The Bertz CT molecular complexity index is 912. The van der Waals surface area contributed by atoms with Crippen LogP contribution in [0.2, 0.25) is 0 Å². The molecule has 0 atom stereocenters. The first-order valence-corrected chi connectivity index (χ1v) is 14.4. The van der Waals surface area contributed by atoms with Crippen LogP contribution in [0, 0.1) is 11.3 Å². The lowest BCUT2D eigenvalue weighted by molar-refractivity contribution is -0.138. The van der Waals surface area contributed by atoms with E-state index in [1.807, 2.05) is 21.9 Å². The number of guanidine groups is 1. The van der Waals surface area contributed by atoms with Gasteiger partial charge in [0, 0.05) is 51.4 Å². The Morgan fingerprint density at radius 3 is 1.94 bits per heavy atom. The van der Waals surface area contributed by atoms with Crippen LogP contribution in [-0.4, -0.2) is 87.6 Å². The number of hydrogen-bond donors (Lipinski definition) is 2. The highest BCUT2D eigenvalue weighted by molar-refractivity contribution is 7.90. The molecule has 8 nitrogen and oxygen atoms in total. The summed E-state index contributed by atoms with van der Waals surface area (Å²) in [4.78, 5) is 18.9. The average Bonchev–Trinajstić information content (AvgIpc) is 2.85. The van der Waals surface area contributed by atoms with Crippen LogP contribution < -0.4 is 5.73 Å². The Morgan fingerprint density at radius 1 is 0.882 bits per heavy atom. The Labute approximate surface area is 204 Å². The molecule has 1 saturated carbocycles. The minimum Gasteiger partial charge on any atom is -0.370 e. The fourth-order valence-corrected chi connectivity index (χ4v) is 5.71. The fourth-order valence-electron chi connectivity index (χ4n) is 5.08. The number of rotatable bonds is 3. The summed E-state index contributed by atoms with van der Waals surface area (Å²) in [6.45, 7) is 5.11. The fraction of sp³-hybridized carbons (Fsp3) is 0.680. The third kappa shape index (κ3) is 7.43. The Kier molecular flexibility index (Phi) is 9.36. The molecular weight excluding hydrogens is 450 g/mol. The number of nitrogens with one attached hydrogen (secondary N) is 1. The second-order valence-corrected chi connectivity index (χ2v) is 12.0. The Balaban J connectivity index is 0.000000192. The molecule has 0 aromatic heterocycles. The maximum absolute atomic E-state index is 12.3. The first kappa shape index (κ1) is 26.5. The number of nitrogens with zero attached hydrogens (tertiary/aromatic N) is 3. The highest BCUT2D eigenvalue weighted by Gasteiger charge is 2.30. The molecule has 1 aromatic rings. The van der Waals surface area contributed by atoms with Crippen molar-refractivity contribution in [2.75, 3.05) is 52.6 Å². The average molecular weight is 492 g/mol. The molecule has 2 aliphatic heterocycles. The maximum Gasteiger partial charge on any atom is 0.225 e. The quantitative estimate of drug-likeness (QED) is 0.496. The number of sulfone groups is 1. The van der Waals surface area contributed by atoms with Crippen molar-refractivity contribution in [3.05, 3.63) is 29.8 Å². The molecule has 4 rings (SSSR count). The van der Waals surface area contributed by atoms with Crippen LogP contribution in [0.5, 0.6) is 0 Å². The number of benzene rings is 1. The summed E-state index contributed by atoms with van der Waals surface area (Å²) in [5.74, 6) is 1.19. The molecule has 3 fully saturated rings. The lowest BCUT2D eigenvalue weighted by Crippen LogP contribution is -2.51. The monoisotopic (exact) mass is 491 g/mol. The van der Waals surface area contributed by atoms with E-state index in [4.69, 9.17) is 11.1 Å². The first-order valence-electron chi connectivity index (χ1n) is 12.5. The molecule has 1 aromatic carbocycles. The Morgan fingerprint density at radius 2 is 1.44 bits per heavy atom. The molecule has 2 heterocycles. The number of nitrogens with two attached hydrogens (primary N) is 1. The molecule has 190 valence electrons. The lowest BCUT2D eigenvalue weighted by Gasteiger charge is -2.37. The summed E-state index contributed by atoms with van der Waals surface area (Å²) in [6.07, 6.45) is 9.35. The van der Waals surface area contributed by atoms with Crippen molar-refractivity contribution >= 4 is 21.7 Å². The van der Waals surface area contributed by atoms with Gasteiger partial charge in [0.15, 0.2) is 15.8 Å². The van der Waals surface area contributed by atoms with E-state index in [0.29, 0.717) is 16.7 Å². The van der Waals surface area contributed by atoms with E-state index < -0.39 is 9.84 Å². The van der Waals surface area contributed by atoms with Crippen molar-refractivity contribution in [2.45, 2.75) is 55.8 Å². The molecule has 34 heavy (non-hydrogen) atoms. The van der Waals surface area contributed by atoms with Crippen LogP contribution in [-0.2, 0) is 14.6 Å². The van der Waals surface area contributed by atoms with Crippen molar-refractivity contribution in [1.82, 2.24) is 14.7 Å². The number of carbonyl (C=O) groups is 1. The van der Waals surface area contributed by atoms with Crippen molar-refractivity contribution < 1.29 is 13.2 Å². The summed E-state index contributed by atoms with van der Waals surface area (Å²) in [5.41, 5.74) is 6.75. The molecule has 2 saturated heterocycles. The topological polar surface area (TPSA) is 111 Å². The smallest absolute Gasteiger partial charge is 0.225 e. The van der Waals surface area contributed by atoms with Crippen LogP contribution in [0.25, 0.3) is 0 Å². The first-order chi connectivity index (χ1) is 16.1. The van der Waals surface area contributed by atoms with E-state index in [1.165, 1.54) is 43.9 Å². The zero-order valence-electron chi connectivity index (χ0n) is 20.7. The van der Waals surface area contributed by atoms with Crippen LogP contribution in [0.4, 0.5) is 0 Å². The molecule has 1 aliphatic carbocycles. The van der Waals surface area contributed by atoms with Crippen LogP contribution in [0.15, 0.2) is 29.2 Å². The van der Waals surface area contributed by atoms with Gasteiger partial charge >= 0.3 is 0 Å². The molecule has 1 amide bonds. The van der Waals surface area contributed by atoms with Crippen LogP contribution >= 0.6 is 0 Å². The van der Waals surface area contributed by atoms with Gasteiger partial charge in [-0.05, 0) is 56.3 Å². The van der Waals surface area contributed by atoms with Crippen LogP contribution in [0.3, 0.4) is 0 Å². The van der Waals surface area contributed by atoms with E-state index >= 15 is 0 Å². The largest absolute Gasteiger partial charge is 0.370 e. The summed E-state index contributed by atoms with van der Waals surface area (Å²) < 4.78 is 22.6. The van der Waals surface area contributed by atoms with Gasteiger partial charge in [-0.2, -0.15) is 0 Å². The van der Waals surface area contributed by atoms with E-state index in [0.717, 1.165) is 52.1 Å². The number of piperazine rings is 1. The summed E-state index contributed by atoms with van der Waals surface area (Å²) in [7, 11) is -0.960. The molecule has 3 aliphatic rings. The van der Waals surface area contributed by atoms with Crippen molar-refractivity contribution in [2.24, 2.45) is 11.7 Å². The highest BCUT2D eigenvalue weighted by Crippen LogP contribution is 2.32. The van der Waals surface area contributed by atoms with Gasteiger partial charge in [0.1, 0.15) is 0 Å². The summed E-state index contributed by atoms with van der Waals surface area (Å²) >= 11 is 0. The maximum atomic E-state index is 12.3. The van der Waals surface area contributed by atoms with Crippen molar-refractivity contribution in [1.29, 1.82) is 5.41 Å². The third-order valence-electron chi connectivity index (χ3n) is 7.38. The van der Waals surface area contributed by atoms with Crippen molar-refractivity contribution in [3.63, 3.8) is 0 Å². The minimum atomic E-state index is -3.05. The number of carbonyl (C=O) groups excluding carboxylic acids is 1. The van der Waals surface area contributed by atoms with E-state index in [-0.39, 0.29) is 11.9 Å². The van der Waals surface area contributed by atoms with E-state index in [9.17, 15) is 13.2 Å². The van der Waals surface area contributed by atoms with Crippen LogP contribution in [0.1, 0.15) is 56.4 Å². The van der Waals surface area contributed by atoms with Gasteiger partial charge < -0.3 is 20.4 Å². The van der Waals surface area contributed by atoms with Gasteiger partial charge in [-0.3, -0.25) is 10.2 Å². The number of piperidine rings is 1. The minimum absolute atomic E-state index is 0.125. The van der Waals surface area contributed by atoms with E-state index in [2.05, 4.69) is 11.9 Å². The highest BCUT2D eigenvalue weighted by atomic mass is 32.2. The van der Waals surface area contributed by atoms with Gasteiger partial charge in [0.25, 0.3) is 0 Å². The van der Waals surface area contributed by atoms with Gasteiger partial charge in [-0.1, -0.05) is 31.4 Å². The Hall–Kier alpha value is -2.13. The molecule has 0 bridgehead atoms. The predicted octanol–water partition coefficient (Wildman–Crippen LogP) is 2.50. The molecular formula is C25H41N5O3S. The standard InChI is InChI=1S/C13H18O2S.C12H23N5O/c1-16(14,15)13-9-7-12(8-10-13)11-5-3-2-4-6-11;1-15-6-8-16(9-7-15)11(18)10-2-4-17(5-3-10)12(13)14/h7-11H,2-6H2,1H3;10H,2-9H2,1H3,(H3,13,14). The van der Waals surface area contributed by atoms with Gasteiger partial charge in [-0.15, -0.1) is 0 Å². The lowest BCUT2D eigenvalue weighted by atomic mass is 9.84. The zero-order chi connectivity index (χ0) is 24.7. The van der Waals surface area contributed by atoms with Gasteiger partial charge in [0.2, 0.25) is 5.91 Å². The number of hydrogen-bond acceptors (Lipinski definition) is 5. The van der Waals surface area contributed by atoms with Crippen molar-refractivity contribution in [3.8, 4) is 0 Å². The number of likely N-dealkylation sites (N-methyl/N-ethyl adjacent to an activating group) is 1. The summed E-state index contributed by atoms with van der Waals surface area (Å²) in [6, 6.07) is 7.43. The second-order valence-electron chi connectivity index (χ2n) is 9.95. The van der Waals surface area contributed by atoms with Gasteiger partial charge in [0.05, 0.1) is 4.90 Å². The second kappa shape index (κ2) is 12.0. The normalized spacial score (nSPS) is 21.0. The zero-order valence-corrected chi connectivity index (χ0v) is 21.5. The predicted molar refractivity (Wildman–Crippen MR) is 136 cm³/mol. The number of likely N-dealkylation sites (tertiary alicyclic amines) is 1. The third-order valence-corrected chi connectivity index (χ3v) is 8.51. The SMILES string of the molecule is CN1CCN(C(=O)C2CCN(C(=N)N)CC2)CC1.CS(=O)(=O)c1ccc(C2CCCCC2)cc1.